The van der Waals surface area contributed by atoms with Crippen LogP contribution in [0.2, 0.25) is 0 Å². The van der Waals surface area contributed by atoms with Gasteiger partial charge in [-0.1, -0.05) is 36.4 Å². The lowest BCUT2D eigenvalue weighted by molar-refractivity contribution is -0.117. The van der Waals surface area contributed by atoms with Gasteiger partial charge in [0.25, 0.3) is 11.8 Å². The second-order valence-electron chi connectivity index (χ2n) is 6.47. The van der Waals surface area contributed by atoms with E-state index in [-0.39, 0.29) is 17.5 Å². The highest BCUT2D eigenvalue weighted by molar-refractivity contribution is 6.06. The van der Waals surface area contributed by atoms with Gasteiger partial charge in [-0.25, -0.2) is 0 Å². The molecular weight excluding hydrogens is 366 g/mol. The van der Waals surface area contributed by atoms with Gasteiger partial charge in [-0.2, -0.15) is 0 Å². The number of amides is 2. The van der Waals surface area contributed by atoms with Crippen LogP contribution in [0, 0.1) is 0 Å². The molecule has 150 valence electrons. The topological polar surface area (TPSA) is 83.2 Å². The fourth-order valence-corrected chi connectivity index (χ4v) is 2.93. The van der Waals surface area contributed by atoms with Gasteiger partial charge in [0.15, 0.2) is 0 Å². The van der Waals surface area contributed by atoms with Gasteiger partial charge in [-0.3, -0.25) is 9.59 Å². The molecule has 0 spiro atoms. The molecular formula is C23H25N3O3. The van der Waals surface area contributed by atoms with Crippen LogP contribution in [-0.2, 0) is 9.53 Å². The van der Waals surface area contributed by atoms with Crippen LogP contribution in [0.1, 0.15) is 29.3 Å². The fourth-order valence-electron chi connectivity index (χ4n) is 2.93. The van der Waals surface area contributed by atoms with Crippen LogP contribution in [0.25, 0.3) is 17.0 Å². The highest BCUT2D eigenvalue weighted by atomic mass is 16.5. The third kappa shape index (κ3) is 5.56. The molecule has 0 aliphatic rings. The number of hydrogen-bond donors (Lipinski definition) is 3. The van der Waals surface area contributed by atoms with Gasteiger partial charge in [-0.15, -0.1) is 0 Å². The number of H-pyrrole nitrogens is 1. The van der Waals surface area contributed by atoms with E-state index in [0.717, 1.165) is 16.5 Å². The molecule has 0 aliphatic carbocycles. The van der Waals surface area contributed by atoms with E-state index in [4.69, 9.17) is 4.74 Å². The maximum Gasteiger partial charge on any atom is 0.267 e. The number of carbonyl (C=O) groups is 2. The Bertz CT molecular complexity index is 993. The second kappa shape index (κ2) is 10.2. The van der Waals surface area contributed by atoms with Gasteiger partial charge in [-0.05, 0) is 37.6 Å². The molecule has 0 saturated carbocycles. The van der Waals surface area contributed by atoms with Gasteiger partial charge < -0.3 is 20.4 Å². The van der Waals surface area contributed by atoms with E-state index in [2.05, 4.69) is 15.6 Å². The number of ether oxygens (including phenoxy) is 1. The van der Waals surface area contributed by atoms with Gasteiger partial charge in [0.1, 0.15) is 5.70 Å². The molecule has 0 bridgehead atoms. The first-order valence-electron chi connectivity index (χ1n) is 9.69. The van der Waals surface area contributed by atoms with Crippen LogP contribution in [0.15, 0.2) is 66.5 Å². The van der Waals surface area contributed by atoms with Crippen LogP contribution in [0.3, 0.4) is 0 Å². The quantitative estimate of drug-likeness (QED) is 0.386. The smallest absolute Gasteiger partial charge is 0.267 e. The van der Waals surface area contributed by atoms with Crippen molar-refractivity contribution in [1.29, 1.82) is 0 Å². The molecule has 29 heavy (non-hydrogen) atoms. The van der Waals surface area contributed by atoms with E-state index in [1.807, 2.05) is 43.5 Å². The summed E-state index contributed by atoms with van der Waals surface area (Å²) in [6.45, 7) is 3.62. The van der Waals surface area contributed by atoms with Crippen LogP contribution < -0.4 is 10.6 Å². The number of nitrogens with one attached hydrogen (secondary N) is 3. The number of fused-ring (bicyclic) bond motifs is 1. The van der Waals surface area contributed by atoms with Crippen molar-refractivity contribution in [2.45, 2.75) is 13.3 Å². The number of hydrogen-bond acceptors (Lipinski definition) is 3. The lowest BCUT2D eigenvalue weighted by Crippen LogP contribution is -2.35. The van der Waals surface area contributed by atoms with Gasteiger partial charge in [0.2, 0.25) is 0 Å². The predicted molar refractivity (Wildman–Crippen MR) is 114 cm³/mol. The summed E-state index contributed by atoms with van der Waals surface area (Å²) in [6.07, 6.45) is 4.21. The summed E-state index contributed by atoms with van der Waals surface area (Å²) < 4.78 is 5.29. The average molecular weight is 391 g/mol. The Morgan fingerprint density at radius 2 is 1.83 bits per heavy atom. The average Bonchev–Trinajstić information content (AvgIpc) is 3.16. The molecule has 3 aromatic rings. The summed E-state index contributed by atoms with van der Waals surface area (Å²) in [5.41, 5.74) is 2.47. The Balaban J connectivity index is 1.80. The Hall–Kier alpha value is -3.38. The first-order valence-corrected chi connectivity index (χ1v) is 9.69. The minimum Gasteiger partial charge on any atom is -0.382 e. The largest absolute Gasteiger partial charge is 0.382 e. The molecule has 0 fully saturated rings. The van der Waals surface area contributed by atoms with Crippen LogP contribution in [0.5, 0.6) is 0 Å². The molecule has 1 heterocycles. The zero-order valence-electron chi connectivity index (χ0n) is 16.4. The number of para-hydroxylation sites is 1. The summed E-state index contributed by atoms with van der Waals surface area (Å²) in [4.78, 5) is 28.5. The van der Waals surface area contributed by atoms with E-state index in [0.29, 0.717) is 31.7 Å². The SMILES string of the molecule is CCOCCCNC(=O)/C(=C\c1c[nH]c2ccccc12)NC(=O)c1ccccc1. The van der Waals surface area contributed by atoms with Crippen molar-refractivity contribution in [3.05, 3.63) is 77.6 Å². The lowest BCUT2D eigenvalue weighted by atomic mass is 10.1. The highest BCUT2D eigenvalue weighted by Gasteiger charge is 2.15. The summed E-state index contributed by atoms with van der Waals surface area (Å²) >= 11 is 0. The number of carbonyl (C=O) groups excluding carboxylic acids is 2. The van der Waals surface area contributed by atoms with E-state index >= 15 is 0 Å². The Morgan fingerprint density at radius 1 is 1.07 bits per heavy atom. The monoisotopic (exact) mass is 391 g/mol. The minimum absolute atomic E-state index is 0.194. The number of benzene rings is 2. The van der Waals surface area contributed by atoms with E-state index in [9.17, 15) is 9.59 Å². The summed E-state index contributed by atoms with van der Waals surface area (Å²) in [7, 11) is 0. The van der Waals surface area contributed by atoms with Crippen LogP contribution in [0.4, 0.5) is 0 Å². The van der Waals surface area contributed by atoms with Crippen molar-refractivity contribution in [2.75, 3.05) is 19.8 Å². The normalized spacial score (nSPS) is 11.4. The number of rotatable bonds is 9. The van der Waals surface area contributed by atoms with Crippen molar-refractivity contribution >= 4 is 28.8 Å². The van der Waals surface area contributed by atoms with Crippen molar-refractivity contribution in [3.63, 3.8) is 0 Å². The Kier molecular flexibility index (Phi) is 7.19. The fraction of sp³-hybridized carbons (Fsp3) is 0.217. The van der Waals surface area contributed by atoms with Gasteiger partial charge in [0.05, 0.1) is 0 Å². The van der Waals surface area contributed by atoms with Crippen LogP contribution >= 0.6 is 0 Å². The van der Waals surface area contributed by atoms with Crippen molar-refractivity contribution in [3.8, 4) is 0 Å². The number of aromatic amines is 1. The maximum atomic E-state index is 12.8. The van der Waals surface area contributed by atoms with Crippen LogP contribution in [-0.4, -0.2) is 36.6 Å². The first-order chi connectivity index (χ1) is 14.2. The molecule has 1 aromatic heterocycles. The zero-order chi connectivity index (χ0) is 20.5. The molecule has 6 heteroatoms. The molecule has 0 saturated heterocycles. The molecule has 2 aromatic carbocycles. The van der Waals surface area contributed by atoms with Gasteiger partial charge in [0, 0.05) is 48.0 Å². The molecule has 0 unspecified atom stereocenters. The molecule has 2 amide bonds. The molecule has 3 N–H and O–H groups in total. The Morgan fingerprint density at radius 3 is 2.62 bits per heavy atom. The maximum absolute atomic E-state index is 12.8. The minimum atomic E-state index is -0.337. The lowest BCUT2D eigenvalue weighted by Gasteiger charge is -2.11. The van der Waals surface area contributed by atoms with Crippen molar-refractivity contribution in [1.82, 2.24) is 15.6 Å². The summed E-state index contributed by atoms with van der Waals surface area (Å²) in [5.74, 6) is -0.669. The number of aromatic nitrogens is 1. The standard InChI is InChI=1S/C23H25N3O3/c1-2-29-14-8-13-24-23(28)21(26-22(27)17-9-4-3-5-10-17)15-18-16-25-20-12-7-6-11-19(18)20/h3-7,9-12,15-16,25H,2,8,13-14H2,1H3,(H,24,28)(H,26,27)/b21-15+. The summed E-state index contributed by atoms with van der Waals surface area (Å²) in [6, 6.07) is 16.6. The molecule has 6 nitrogen and oxygen atoms in total. The second-order valence-corrected chi connectivity index (χ2v) is 6.47. The highest BCUT2D eigenvalue weighted by Crippen LogP contribution is 2.20. The molecule has 3 rings (SSSR count). The van der Waals surface area contributed by atoms with Crippen molar-refractivity contribution in [2.24, 2.45) is 0 Å². The molecule has 0 radical (unpaired) electrons. The van der Waals surface area contributed by atoms with E-state index < -0.39 is 0 Å². The van der Waals surface area contributed by atoms with Gasteiger partial charge >= 0.3 is 0 Å². The van der Waals surface area contributed by atoms with Crippen molar-refractivity contribution < 1.29 is 14.3 Å². The third-order valence-corrected chi connectivity index (χ3v) is 4.41. The Labute approximate surface area is 170 Å². The molecule has 0 aliphatic heterocycles. The zero-order valence-corrected chi connectivity index (χ0v) is 16.4. The molecule has 0 atom stereocenters. The summed E-state index contributed by atoms with van der Waals surface area (Å²) in [5, 5.41) is 6.58. The van der Waals surface area contributed by atoms with E-state index in [1.54, 1.807) is 30.3 Å². The third-order valence-electron chi connectivity index (χ3n) is 4.41. The first kappa shape index (κ1) is 20.4. The van der Waals surface area contributed by atoms with E-state index in [1.165, 1.54) is 0 Å². The predicted octanol–water partition coefficient (Wildman–Crippen LogP) is 3.48.